The molecule has 1 fully saturated rings. The number of piperidine rings is 1. The van der Waals surface area contributed by atoms with Gasteiger partial charge in [0.15, 0.2) is 0 Å². The van der Waals surface area contributed by atoms with Gasteiger partial charge in [-0.3, -0.25) is 19.8 Å². The first-order chi connectivity index (χ1) is 19.0. The predicted molar refractivity (Wildman–Crippen MR) is 158 cm³/mol. The van der Waals surface area contributed by atoms with Crippen molar-refractivity contribution in [1.82, 2.24) is 4.90 Å². The lowest BCUT2D eigenvalue weighted by Gasteiger charge is -2.32. The second kappa shape index (κ2) is 14.4. The molecule has 0 aromatic heterocycles. The molecule has 1 amide bonds. The zero-order chi connectivity index (χ0) is 28.4. The largest absolute Gasteiger partial charge is 0.496 e. The Balaban J connectivity index is 0.00000100. The molecule has 0 radical (unpaired) electrons. The highest BCUT2D eigenvalue weighted by atomic mass is 16.6. The SMILES string of the molecule is CC.CC.COc1ccccc1C1CCN(Cc2ccc(C(=O)N3CCc4cc([N+](=O)[O-])ccc43)cc2)CC1. The summed E-state index contributed by atoms with van der Waals surface area (Å²) in [6.07, 6.45) is 2.83. The molecule has 3 aromatic rings. The third kappa shape index (κ3) is 7.03. The second-order valence-electron chi connectivity index (χ2n) is 9.27. The summed E-state index contributed by atoms with van der Waals surface area (Å²) < 4.78 is 5.55. The van der Waals surface area contributed by atoms with Gasteiger partial charge in [-0.2, -0.15) is 0 Å². The van der Waals surface area contributed by atoms with Crippen molar-refractivity contribution in [2.75, 3.05) is 31.6 Å². The van der Waals surface area contributed by atoms with E-state index in [1.807, 2.05) is 64.1 Å². The topological polar surface area (TPSA) is 75.9 Å². The molecule has 7 nitrogen and oxygen atoms in total. The molecule has 7 heteroatoms. The minimum Gasteiger partial charge on any atom is -0.496 e. The summed E-state index contributed by atoms with van der Waals surface area (Å²) in [5.74, 6) is 1.43. The smallest absolute Gasteiger partial charge is 0.269 e. The predicted octanol–water partition coefficient (Wildman–Crippen LogP) is 7.24. The zero-order valence-corrected chi connectivity index (χ0v) is 23.9. The number of ether oxygens (including phenoxy) is 1. The van der Waals surface area contributed by atoms with E-state index in [-0.39, 0.29) is 11.6 Å². The molecule has 0 saturated carbocycles. The fourth-order valence-electron chi connectivity index (χ4n) is 5.29. The fraction of sp³-hybridized carbons (Fsp3) is 0.406. The molecule has 2 aliphatic heterocycles. The number of carbonyl (C=O) groups is 1. The summed E-state index contributed by atoms with van der Waals surface area (Å²) >= 11 is 0. The molecule has 1 saturated heterocycles. The number of nitro benzene ring substituents is 1. The summed E-state index contributed by atoms with van der Waals surface area (Å²) in [4.78, 5) is 27.9. The van der Waals surface area contributed by atoms with E-state index in [0.29, 0.717) is 24.4 Å². The second-order valence-corrected chi connectivity index (χ2v) is 9.27. The highest BCUT2D eigenvalue weighted by Crippen LogP contribution is 2.35. The van der Waals surface area contributed by atoms with Gasteiger partial charge in [0, 0.05) is 36.5 Å². The van der Waals surface area contributed by atoms with Crippen LogP contribution >= 0.6 is 0 Å². The molecular formula is C32H41N3O4. The van der Waals surface area contributed by atoms with Gasteiger partial charge in [0.25, 0.3) is 11.6 Å². The molecule has 0 spiro atoms. The third-order valence-electron chi connectivity index (χ3n) is 7.19. The Kier molecular flexibility index (Phi) is 11.1. The Morgan fingerprint density at radius 3 is 2.26 bits per heavy atom. The maximum Gasteiger partial charge on any atom is 0.269 e. The minimum atomic E-state index is -0.398. The van der Waals surface area contributed by atoms with E-state index < -0.39 is 4.92 Å². The Morgan fingerprint density at radius 2 is 1.62 bits per heavy atom. The quantitative estimate of drug-likeness (QED) is 0.248. The standard InChI is InChI=1S/C28H29N3O4.2C2H6/c1-35-27-5-3-2-4-25(27)21-12-15-29(16-13-21)19-20-6-8-22(9-7-20)28(32)30-17-14-23-18-24(31(33)34)10-11-26(23)30;2*1-2/h2-11,18,21H,12-17,19H2,1H3;2*1-2H3. The van der Waals surface area contributed by atoms with Crippen molar-refractivity contribution in [3.05, 3.63) is 99.1 Å². The average Bonchev–Trinajstić information content (AvgIpc) is 3.43. The number of benzene rings is 3. The van der Waals surface area contributed by atoms with Gasteiger partial charge in [0.2, 0.25) is 0 Å². The number of carbonyl (C=O) groups excluding carboxylic acids is 1. The molecule has 0 aliphatic carbocycles. The van der Waals surface area contributed by atoms with Crippen LogP contribution in [0.2, 0.25) is 0 Å². The summed E-state index contributed by atoms with van der Waals surface area (Å²) in [5, 5.41) is 11.0. The molecule has 0 atom stereocenters. The molecule has 208 valence electrons. The number of anilines is 1. The van der Waals surface area contributed by atoms with Crippen LogP contribution in [-0.4, -0.2) is 42.5 Å². The Hall–Kier alpha value is -3.71. The summed E-state index contributed by atoms with van der Waals surface area (Å²) in [5.41, 5.74) is 4.80. The molecule has 0 bridgehead atoms. The van der Waals surface area contributed by atoms with Crippen molar-refractivity contribution in [2.24, 2.45) is 0 Å². The third-order valence-corrected chi connectivity index (χ3v) is 7.19. The first kappa shape index (κ1) is 29.8. The van der Waals surface area contributed by atoms with Crippen LogP contribution in [0.4, 0.5) is 11.4 Å². The van der Waals surface area contributed by atoms with E-state index in [4.69, 9.17) is 4.74 Å². The van der Waals surface area contributed by atoms with Crippen LogP contribution < -0.4 is 9.64 Å². The number of hydrogen-bond acceptors (Lipinski definition) is 5. The Bertz CT molecular complexity index is 1230. The molecule has 39 heavy (non-hydrogen) atoms. The van der Waals surface area contributed by atoms with Gasteiger partial charge >= 0.3 is 0 Å². The van der Waals surface area contributed by atoms with Crippen LogP contribution in [0.5, 0.6) is 5.75 Å². The van der Waals surface area contributed by atoms with E-state index >= 15 is 0 Å². The van der Waals surface area contributed by atoms with Gasteiger partial charge in [-0.25, -0.2) is 0 Å². The van der Waals surface area contributed by atoms with E-state index in [2.05, 4.69) is 17.0 Å². The average molecular weight is 532 g/mol. The van der Waals surface area contributed by atoms with Crippen LogP contribution in [0.15, 0.2) is 66.7 Å². The highest BCUT2D eigenvalue weighted by Gasteiger charge is 2.27. The Labute approximate surface area is 232 Å². The number of amides is 1. The summed E-state index contributed by atoms with van der Waals surface area (Å²) in [6.45, 7) is 11.5. The van der Waals surface area contributed by atoms with Crippen molar-refractivity contribution in [2.45, 2.75) is 59.4 Å². The van der Waals surface area contributed by atoms with Crippen LogP contribution in [0.1, 0.15) is 73.5 Å². The fourth-order valence-corrected chi connectivity index (χ4v) is 5.29. The molecule has 3 aromatic carbocycles. The monoisotopic (exact) mass is 531 g/mol. The normalized spacial score (nSPS) is 14.8. The summed E-state index contributed by atoms with van der Waals surface area (Å²) in [7, 11) is 1.73. The number of non-ortho nitro benzene ring substituents is 1. The number of para-hydroxylation sites is 1. The lowest BCUT2D eigenvalue weighted by atomic mass is 9.88. The van der Waals surface area contributed by atoms with Crippen LogP contribution in [0, 0.1) is 10.1 Å². The molecule has 5 rings (SSSR count). The van der Waals surface area contributed by atoms with E-state index in [1.54, 1.807) is 24.1 Å². The number of likely N-dealkylation sites (tertiary alicyclic amines) is 1. The van der Waals surface area contributed by atoms with Crippen molar-refractivity contribution >= 4 is 17.3 Å². The molecular weight excluding hydrogens is 490 g/mol. The first-order valence-corrected chi connectivity index (χ1v) is 14.1. The van der Waals surface area contributed by atoms with Crippen LogP contribution in [0.25, 0.3) is 0 Å². The maximum absolute atomic E-state index is 13.1. The Morgan fingerprint density at radius 1 is 0.949 bits per heavy atom. The van der Waals surface area contributed by atoms with Crippen molar-refractivity contribution in [3.63, 3.8) is 0 Å². The lowest BCUT2D eigenvalue weighted by molar-refractivity contribution is -0.384. The number of methoxy groups -OCH3 is 1. The van der Waals surface area contributed by atoms with Gasteiger partial charge in [0.05, 0.1) is 12.0 Å². The molecule has 0 unspecified atom stereocenters. The number of nitrogens with zero attached hydrogens (tertiary/aromatic N) is 3. The number of nitro groups is 1. The minimum absolute atomic E-state index is 0.0642. The van der Waals surface area contributed by atoms with Gasteiger partial charge in [-0.1, -0.05) is 58.0 Å². The first-order valence-electron chi connectivity index (χ1n) is 14.1. The van der Waals surface area contributed by atoms with E-state index in [0.717, 1.165) is 49.5 Å². The van der Waals surface area contributed by atoms with Crippen molar-refractivity contribution in [3.8, 4) is 5.75 Å². The van der Waals surface area contributed by atoms with Gasteiger partial charge in [-0.15, -0.1) is 0 Å². The lowest BCUT2D eigenvalue weighted by Crippen LogP contribution is -2.32. The molecule has 2 heterocycles. The molecule has 2 aliphatic rings. The van der Waals surface area contributed by atoms with Gasteiger partial charge in [-0.05, 0) is 79.2 Å². The number of hydrogen-bond donors (Lipinski definition) is 0. The van der Waals surface area contributed by atoms with Crippen molar-refractivity contribution < 1.29 is 14.5 Å². The van der Waals surface area contributed by atoms with E-state index in [9.17, 15) is 14.9 Å². The van der Waals surface area contributed by atoms with Gasteiger partial charge < -0.3 is 9.64 Å². The number of rotatable bonds is 6. The van der Waals surface area contributed by atoms with Crippen LogP contribution in [0.3, 0.4) is 0 Å². The molecule has 0 N–H and O–H groups in total. The van der Waals surface area contributed by atoms with Gasteiger partial charge in [0.1, 0.15) is 5.75 Å². The van der Waals surface area contributed by atoms with Crippen molar-refractivity contribution in [1.29, 1.82) is 0 Å². The zero-order valence-electron chi connectivity index (χ0n) is 23.9. The highest BCUT2D eigenvalue weighted by molar-refractivity contribution is 6.07. The van der Waals surface area contributed by atoms with E-state index in [1.165, 1.54) is 17.2 Å². The van der Waals surface area contributed by atoms with Crippen LogP contribution in [-0.2, 0) is 13.0 Å². The summed E-state index contributed by atoms with van der Waals surface area (Å²) in [6, 6.07) is 20.9. The maximum atomic E-state index is 13.1. The number of fused-ring (bicyclic) bond motifs is 1.